The third kappa shape index (κ3) is 3.21. The van der Waals surface area contributed by atoms with Crippen molar-refractivity contribution in [3.63, 3.8) is 0 Å². The molecule has 0 radical (unpaired) electrons. The van der Waals surface area contributed by atoms with Gasteiger partial charge >= 0.3 is 0 Å². The van der Waals surface area contributed by atoms with Crippen molar-refractivity contribution < 1.29 is 9.59 Å². The second-order valence-corrected chi connectivity index (χ2v) is 6.28. The number of aromatic nitrogens is 1. The van der Waals surface area contributed by atoms with E-state index in [2.05, 4.69) is 10.3 Å². The molecule has 2 aliphatic rings. The lowest BCUT2D eigenvalue weighted by atomic mass is 10.2. The van der Waals surface area contributed by atoms with Gasteiger partial charge in [0.1, 0.15) is 12.4 Å². The van der Waals surface area contributed by atoms with Crippen molar-refractivity contribution in [3.05, 3.63) is 23.9 Å². The van der Waals surface area contributed by atoms with Crippen LogP contribution in [0.15, 0.2) is 18.3 Å². The van der Waals surface area contributed by atoms with E-state index in [-0.39, 0.29) is 18.4 Å². The second-order valence-electron chi connectivity index (χ2n) is 6.28. The molecule has 3 rings (SSSR count). The van der Waals surface area contributed by atoms with Crippen molar-refractivity contribution in [2.24, 2.45) is 0 Å². The Morgan fingerprint density at radius 1 is 1.32 bits per heavy atom. The van der Waals surface area contributed by atoms with Gasteiger partial charge in [0, 0.05) is 31.4 Å². The molecule has 2 fully saturated rings. The number of hydrogen-bond donors (Lipinski definition) is 1. The van der Waals surface area contributed by atoms with E-state index in [0.717, 1.165) is 18.7 Å². The van der Waals surface area contributed by atoms with Crippen molar-refractivity contribution >= 4 is 17.6 Å². The van der Waals surface area contributed by atoms with Crippen LogP contribution >= 0.6 is 0 Å². The molecule has 0 bridgehead atoms. The first-order chi connectivity index (χ1) is 10.5. The van der Waals surface area contributed by atoms with Crippen LogP contribution in [0.3, 0.4) is 0 Å². The van der Waals surface area contributed by atoms with Crippen LogP contribution < -0.4 is 5.32 Å². The molecule has 22 heavy (non-hydrogen) atoms. The van der Waals surface area contributed by atoms with Crippen molar-refractivity contribution in [3.8, 4) is 0 Å². The molecule has 6 heteroatoms. The predicted molar refractivity (Wildman–Crippen MR) is 83.6 cm³/mol. The fourth-order valence-electron chi connectivity index (χ4n) is 2.72. The van der Waals surface area contributed by atoms with Crippen LogP contribution in [-0.2, 0) is 4.79 Å². The second kappa shape index (κ2) is 5.94. The van der Waals surface area contributed by atoms with E-state index in [1.807, 2.05) is 18.7 Å². The van der Waals surface area contributed by atoms with Gasteiger partial charge in [0.2, 0.25) is 5.91 Å². The van der Waals surface area contributed by atoms with Crippen LogP contribution in [0, 0.1) is 0 Å². The van der Waals surface area contributed by atoms with Crippen LogP contribution in [-0.4, -0.2) is 58.3 Å². The van der Waals surface area contributed by atoms with Crippen LogP contribution in [0.2, 0.25) is 0 Å². The van der Waals surface area contributed by atoms with Crippen LogP contribution in [0.25, 0.3) is 0 Å². The van der Waals surface area contributed by atoms with Gasteiger partial charge in [0.15, 0.2) is 0 Å². The summed E-state index contributed by atoms with van der Waals surface area (Å²) < 4.78 is 0. The summed E-state index contributed by atoms with van der Waals surface area (Å²) in [7, 11) is 0. The van der Waals surface area contributed by atoms with Gasteiger partial charge in [-0.05, 0) is 38.8 Å². The summed E-state index contributed by atoms with van der Waals surface area (Å²) in [6.45, 7) is 5.50. The number of pyridine rings is 1. The molecule has 1 saturated carbocycles. The van der Waals surface area contributed by atoms with Crippen LogP contribution in [0.1, 0.15) is 37.0 Å². The number of piperazine rings is 1. The molecule has 1 aliphatic heterocycles. The molecule has 118 valence electrons. The van der Waals surface area contributed by atoms with Gasteiger partial charge in [-0.1, -0.05) is 0 Å². The summed E-state index contributed by atoms with van der Waals surface area (Å²) in [6, 6.07) is 4.28. The van der Waals surface area contributed by atoms with Gasteiger partial charge < -0.3 is 15.1 Å². The highest BCUT2D eigenvalue weighted by molar-refractivity contribution is 5.97. The summed E-state index contributed by atoms with van der Waals surface area (Å²) in [5.74, 6) is 0.696. The Hall–Kier alpha value is -2.11. The Morgan fingerprint density at radius 2 is 2.09 bits per heavy atom. The summed E-state index contributed by atoms with van der Waals surface area (Å²) in [5.41, 5.74) is 0.530. The lowest BCUT2D eigenvalue weighted by Crippen LogP contribution is -2.52. The summed E-state index contributed by atoms with van der Waals surface area (Å²) in [4.78, 5) is 32.4. The maximum atomic E-state index is 12.5. The van der Waals surface area contributed by atoms with Gasteiger partial charge in [-0.3, -0.25) is 9.59 Å². The van der Waals surface area contributed by atoms with E-state index >= 15 is 0 Å². The molecule has 6 nitrogen and oxygen atoms in total. The van der Waals surface area contributed by atoms with Crippen LogP contribution in [0.5, 0.6) is 0 Å². The summed E-state index contributed by atoms with van der Waals surface area (Å²) in [5, 5.41) is 3.19. The Morgan fingerprint density at radius 3 is 2.64 bits per heavy atom. The number of hydrogen-bond acceptors (Lipinski definition) is 4. The highest BCUT2D eigenvalue weighted by Gasteiger charge is 2.36. The van der Waals surface area contributed by atoms with Gasteiger partial charge in [-0.15, -0.1) is 0 Å². The minimum atomic E-state index is -0.118. The zero-order chi connectivity index (χ0) is 15.7. The number of nitrogens with zero attached hydrogens (tertiary/aromatic N) is 3. The molecule has 0 atom stereocenters. The quantitative estimate of drug-likeness (QED) is 0.912. The molecule has 1 aliphatic carbocycles. The SMILES string of the molecule is CC(C)Nc1ccc(C(=O)N2CCN(C3CC3)C(=O)C2)cn1. The minimum Gasteiger partial charge on any atom is -0.368 e. The normalized spacial score (nSPS) is 18.8. The van der Waals surface area contributed by atoms with Gasteiger partial charge in [0.05, 0.1) is 5.56 Å². The number of rotatable bonds is 4. The summed E-state index contributed by atoms with van der Waals surface area (Å²) in [6.07, 6.45) is 3.78. The molecule has 2 amide bonds. The monoisotopic (exact) mass is 302 g/mol. The molecular formula is C16H22N4O2. The van der Waals surface area contributed by atoms with E-state index in [1.165, 1.54) is 0 Å². The van der Waals surface area contributed by atoms with E-state index in [9.17, 15) is 9.59 Å². The van der Waals surface area contributed by atoms with E-state index in [4.69, 9.17) is 0 Å². The van der Waals surface area contributed by atoms with Gasteiger partial charge in [0.25, 0.3) is 5.91 Å². The third-order valence-corrected chi connectivity index (χ3v) is 3.98. The van der Waals surface area contributed by atoms with Gasteiger partial charge in [-0.25, -0.2) is 4.98 Å². The average Bonchev–Trinajstić information content (AvgIpc) is 3.31. The smallest absolute Gasteiger partial charge is 0.255 e. The Bertz CT molecular complexity index is 566. The topological polar surface area (TPSA) is 65.5 Å². The van der Waals surface area contributed by atoms with Crippen molar-refractivity contribution in [2.75, 3.05) is 25.0 Å². The highest BCUT2D eigenvalue weighted by atomic mass is 16.2. The lowest BCUT2D eigenvalue weighted by molar-refractivity contribution is -0.135. The Kier molecular flexibility index (Phi) is 4.00. The zero-order valence-corrected chi connectivity index (χ0v) is 13.1. The van der Waals surface area contributed by atoms with Crippen LogP contribution in [0.4, 0.5) is 5.82 Å². The van der Waals surface area contributed by atoms with E-state index in [1.54, 1.807) is 23.2 Å². The largest absolute Gasteiger partial charge is 0.368 e. The van der Waals surface area contributed by atoms with E-state index in [0.29, 0.717) is 30.7 Å². The molecule has 1 aromatic rings. The number of anilines is 1. The molecule has 0 aromatic carbocycles. The van der Waals surface area contributed by atoms with Crippen molar-refractivity contribution in [2.45, 2.75) is 38.8 Å². The number of nitrogens with one attached hydrogen (secondary N) is 1. The third-order valence-electron chi connectivity index (χ3n) is 3.98. The lowest BCUT2D eigenvalue weighted by Gasteiger charge is -2.34. The highest BCUT2D eigenvalue weighted by Crippen LogP contribution is 2.28. The molecule has 1 aromatic heterocycles. The number of amides is 2. The van der Waals surface area contributed by atoms with Crippen molar-refractivity contribution in [1.29, 1.82) is 0 Å². The first kappa shape index (κ1) is 14.8. The number of carbonyl (C=O) groups excluding carboxylic acids is 2. The minimum absolute atomic E-state index is 0.0631. The Balaban J connectivity index is 1.62. The summed E-state index contributed by atoms with van der Waals surface area (Å²) >= 11 is 0. The Labute approximate surface area is 130 Å². The predicted octanol–water partition coefficient (Wildman–Crippen LogP) is 1.35. The maximum absolute atomic E-state index is 12.5. The fourth-order valence-corrected chi connectivity index (χ4v) is 2.72. The zero-order valence-electron chi connectivity index (χ0n) is 13.1. The standard InChI is InChI=1S/C16H22N4O2/c1-11(2)18-14-6-3-12(9-17-14)16(22)19-7-8-20(13-4-5-13)15(21)10-19/h3,6,9,11,13H,4-5,7-8,10H2,1-2H3,(H,17,18). The average molecular weight is 302 g/mol. The maximum Gasteiger partial charge on any atom is 0.255 e. The molecule has 0 unspecified atom stereocenters. The first-order valence-electron chi connectivity index (χ1n) is 7.86. The molecular weight excluding hydrogens is 280 g/mol. The molecule has 1 saturated heterocycles. The fraction of sp³-hybridized carbons (Fsp3) is 0.562. The molecule has 1 N–H and O–H groups in total. The molecule has 2 heterocycles. The molecule has 0 spiro atoms. The van der Waals surface area contributed by atoms with E-state index < -0.39 is 0 Å². The van der Waals surface area contributed by atoms with Crippen molar-refractivity contribution in [1.82, 2.24) is 14.8 Å². The van der Waals surface area contributed by atoms with Gasteiger partial charge in [-0.2, -0.15) is 0 Å². The first-order valence-corrected chi connectivity index (χ1v) is 7.86. The number of carbonyl (C=O) groups is 2.